The zero-order chi connectivity index (χ0) is 32.8. The molecule has 1 unspecified atom stereocenters. The van der Waals surface area contributed by atoms with Gasteiger partial charge in [-0.15, -0.1) is 0 Å². The van der Waals surface area contributed by atoms with Gasteiger partial charge in [0.05, 0.1) is 20.8 Å². The summed E-state index contributed by atoms with van der Waals surface area (Å²) in [4.78, 5) is 41.7. The molecule has 2 saturated heterocycles. The Balaban J connectivity index is 1.27. The second kappa shape index (κ2) is 14.2. The van der Waals surface area contributed by atoms with Crippen molar-refractivity contribution >= 4 is 17.7 Å². The number of carbonyl (C=O) groups is 3. The van der Waals surface area contributed by atoms with Gasteiger partial charge >= 0.3 is 0 Å². The summed E-state index contributed by atoms with van der Waals surface area (Å²) in [6.07, 6.45) is 1.77. The fraction of sp³-hybridized carbons (Fsp3) is 0.400. The Labute approximate surface area is 273 Å². The van der Waals surface area contributed by atoms with Crippen LogP contribution in [0.3, 0.4) is 0 Å². The number of likely N-dealkylation sites (tertiary alicyclic amines) is 1. The first-order valence-corrected chi connectivity index (χ1v) is 15.8. The molecule has 0 aromatic heterocycles. The van der Waals surface area contributed by atoms with Gasteiger partial charge in [-0.05, 0) is 67.4 Å². The zero-order valence-corrected chi connectivity index (χ0v) is 26.5. The van der Waals surface area contributed by atoms with Crippen LogP contribution in [0.5, 0.6) is 34.5 Å². The number of hydrogen-bond donors (Lipinski definition) is 2. The summed E-state index contributed by atoms with van der Waals surface area (Å²) in [6.45, 7) is 1.97. The summed E-state index contributed by atoms with van der Waals surface area (Å²) in [5.41, 5.74) is -0.0979. The van der Waals surface area contributed by atoms with E-state index in [0.717, 1.165) is 12.0 Å². The molecule has 248 valence electrons. The average Bonchev–Trinajstić information content (AvgIpc) is 3.65. The smallest absolute Gasteiger partial charge is 0.264 e. The van der Waals surface area contributed by atoms with Crippen molar-refractivity contribution in [3.63, 3.8) is 0 Å². The number of carbonyl (C=O) groups excluding carboxylic acids is 3. The lowest BCUT2D eigenvalue weighted by Gasteiger charge is -2.41. The molecule has 6 bridgehead atoms. The van der Waals surface area contributed by atoms with Gasteiger partial charge in [0.1, 0.15) is 35.7 Å². The molecule has 3 amide bonds. The molecular weight excluding hydrogens is 606 g/mol. The van der Waals surface area contributed by atoms with E-state index in [4.69, 9.17) is 28.4 Å². The summed E-state index contributed by atoms with van der Waals surface area (Å²) in [7, 11) is 3.06. The number of hydrogen-bond acceptors (Lipinski definition) is 9. The highest BCUT2D eigenvalue weighted by Crippen LogP contribution is 2.36. The van der Waals surface area contributed by atoms with Crippen LogP contribution in [0, 0.1) is 0 Å². The topological polar surface area (TPSA) is 134 Å². The SMILES string of the molecule is COc1cc2ccc1CNC(=O)C1(CCN(C(=O)C3CCCO3)CC1)Oc1ccc(cc1)OCCNC(=O)c1ccc(OC)c(c1)O2. The fourth-order valence-electron chi connectivity index (χ4n) is 6.00. The second-order valence-electron chi connectivity index (χ2n) is 11.6. The molecule has 6 aliphatic heterocycles. The lowest BCUT2D eigenvalue weighted by Crippen LogP contribution is -2.58. The number of amides is 3. The molecule has 1 atom stereocenters. The highest BCUT2D eigenvalue weighted by atomic mass is 16.5. The van der Waals surface area contributed by atoms with Crippen molar-refractivity contribution in [3.8, 4) is 34.5 Å². The molecule has 0 radical (unpaired) electrons. The molecule has 2 fully saturated rings. The first-order valence-electron chi connectivity index (χ1n) is 15.8. The monoisotopic (exact) mass is 645 g/mol. The van der Waals surface area contributed by atoms with E-state index in [1.165, 1.54) is 7.11 Å². The van der Waals surface area contributed by atoms with E-state index in [-0.39, 0.29) is 37.4 Å². The molecule has 47 heavy (non-hydrogen) atoms. The van der Waals surface area contributed by atoms with Crippen molar-refractivity contribution in [1.82, 2.24) is 15.5 Å². The van der Waals surface area contributed by atoms with E-state index in [1.807, 2.05) is 0 Å². The molecule has 9 rings (SSSR count). The van der Waals surface area contributed by atoms with Crippen LogP contribution in [0.2, 0.25) is 0 Å². The number of piperidine rings is 1. The van der Waals surface area contributed by atoms with Gasteiger partial charge in [0, 0.05) is 56.3 Å². The Bertz CT molecular complexity index is 1600. The van der Waals surface area contributed by atoms with Crippen LogP contribution in [0.4, 0.5) is 0 Å². The van der Waals surface area contributed by atoms with E-state index in [1.54, 1.807) is 72.7 Å². The van der Waals surface area contributed by atoms with Gasteiger partial charge < -0.3 is 44.0 Å². The summed E-state index contributed by atoms with van der Waals surface area (Å²) >= 11 is 0. The van der Waals surface area contributed by atoms with Crippen molar-refractivity contribution in [2.45, 2.75) is 43.9 Å². The lowest BCUT2D eigenvalue weighted by molar-refractivity contribution is -0.151. The maximum absolute atomic E-state index is 14.0. The predicted octanol–water partition coefficient (Wildman–Crippen LogP) is 3.85. The van der Waals surface area contributed by atoms with Crippen molar-refractivity contribution in [3.05, 3.63) is 71.8 Å². The van der Waals surface area contributed by atoms with Crippen LogP contribution in [0.15, 0.2) is 60.7 Å². The van der Waals surface area contributed by atoms with Gasteiger partial charge in [0.25, 0.3) is 17.7 Å². The fourth-order valence-corrected chi connectivity index (χ4v) is 6.00. The van der Waals surface area contributed by atoms with Gasteiger partial charge in [-0.1, -0.05) is 0 Å². The molecule has 0 saturated carbocycles. The van der Waals surface area contributed by atoms with Gasteiger partial charge in [0.2, 0.25) is 0 Å². The van der Waals surface area contributed by atoms with E-state index in [0.29, 0.717) is 79.0 Å². The molecule has 2 N–H and O–H groups in total. The third kappa shape index (κ3) is 7.22. The lowest BCUT2D eigenvalue weighted by atomic mass is 9.89. The van der Waals surface area contributed by atoms with Gasteiger partial charge in [-0.3, -0.25) is 14.4 Å². The number of rotatable bonds is 3. The maximum atomic E-state index is 14.0. The summed E-state index contributed by atoms with van der Waals surface area (Å²) in [6, 6.07) is 17.2. The number of methoxy groups -OCH3 is 2. The maximum Gasteiger partial charge on any atom is 0.264 e. The standard InChI is InChI=1S/C35H39N3O9/c1-42-28-12-6-23-20-31(28)46-27-7-5-24(30(21-27)43-2)22-37-34(41)35(13-16-38(17-14-35)33(40)29-4-3-18-45-29)47-26-10-8-25(9-11-26)44-19-15-36-32(23)39/h5-12,20-21,29H,3-4,13-19,22H2,1-2H3,(H,36,39)(H,37,41). The molecule has 3 aromatic rings. The van der Waals surface area contributed by atoms with Gasteiger partial charge in [0.15, 0.2) is 17.1 Å². The van der Waals surface area contributed by atoms with Crippen molar-refractivity contribution < 1.29 is 42.8 Å². The van der Waals surface area contributed by atoms with E-state index in [9.17, 15) is 14.4 Å². The molecule has 12 heteroatoms. The van der Waals surface area contributed by atoms with Gasteiger partial charge in [-0.25, -0.2) is 0 Å². The quantitative estimate of drug-likeness (QED) is 0.436. The van der Waals surface area contributed by atoms with E-state index < -0.39 is 11.7 Å². The normalized spacial score (nSPS) is 19.7. The number of benzene rings is 3. The van der Waals surface area contributed by atoms with Crippen LogP contribution in [0.1, 0.15) is 41.6 Å². The molecule has 6 aliphatic rings. The van der Waals surface area contributed by atoms with Crippen LogP contribution in [-0.4, -0.2) is 81.4 Å². The summed E-state index contributed by atoms with van der Waals surface area (Å²) in [5, 5.41) is 5.91. The highest BCUT2D eigenvalue weighted by molar-refractivity contribution is 5.95. The van der Waals surface area contributed by atoms with Crippen molar-refractivity contribution in [2.75, 3.05) is 47.1 Å². The minimum absolute atomic E-state index is 0.0368. The molecular formula is C35H39N3O9. The number of ether oxygens (including phenoxy) is 6. The molecule has 12 nitrogen and oxygen atoms in total. The first-order chi connectivity index (χ1) is 22.9. The zero-order valence-electron chi connectivity index (χ0n) is 26.5. The predicted molar refractivity (Wildman–Crippen MR) is 170 cm³/mol. The second-order valence-corrected chi connectivity index (χ2v) is 11.6. The Morgan fingerprint density at radius 1 is 0.872 bits per heavy atom. The Morgan fingerprint density at radius 3 is 2.34 bits per heavy atom. The minimum Gasteiger partial charge on any atom is -0.496 e. The summed E-state index contributed by atoms with van der Waals surface area (Å²) in [5.74, 6) is 2.22. The summed E-state index contributed by atoms with van der Waals surface area (Å²) < 4.78 is 35.2. The van der Waals surface area contributed by atoms with Gasteiger partial charge in [-0.2, -0.15) is 0 Å². The highest BCUT2D eigenvalue weighted by Gasteiger charge is 2.45. The van der Waals surface area contributed by atoms with Crippen molar-refractivity contribution in [2.24, 2.45) is 0 Å². The Hall–Kier alpha value is -4.97. The Kier molecular flexibility index (Phi) is 9.67. The molecule has 3 aromatic carbocycles. The number of nitrogens with zero attached hydrogens (tertiary/aromatic N) is 1. The van der Waals surface area contributed by atoms with Crippen LogP contribution in [0.25, 0.3) is 0 Å². The average molecular weight is 646 g/mol. The molecule has 1 spiro atoms. The minimum atomic E-state index is -1.21. The molecule has 0 aliphatic carbocycles. The van der Waals surface area contributed by atoms with Crippen LogP contribution < -0.4 is 34.3 Å². The largest absolute Gasteiger partial charge is 0.496 e. The number of nitrogens with one attached hydrogen (secondary N) is 2. The van der Waals surface area contributed by atoms with E-state index in [2.05, 4.69) is 10.6 Å². The van der Waals surface area contributed by atoms with Crippen LogP contribution >= 0.6 is 0 Å². The molecule has 6 heterocycles. The van der Waals surface area contributed by atoms with Crippen LogP contribution in [-0.2, 0) is 20.9 Å². The first kappa shape index (κ1) is 32.0. The third-order valence-corrected chi connectivity index (χ3v) is 8.65. The van der Waals surface area contributed by atoms with Crippen molar-refractivity contribution in [1.29, 1.82) is 0 Å². The van der Waals surface area contributed by atoms with E-state index >= 15 is 0 Å². The Morgan fingerprint density at radius 2 is 1.62 bits per heavy atom. The third-order valence-electron chi connectivity index (χ3n) is 8.65.